The molecular formula is C19H28N2O5S. The Kier molecular flexibility index (Phi) is 6.19. The smallest absolute Gasteiger partial charge is 0.410 e. The zero-order valence-corrected chi connectivity index (χ0v) is 17.4. The third-order valence-electron chi connectivity index (χ3n) is 4.36. The van der Waals surface area contributed by atoms with E-state index in [4.69, 9.17) is 4.74 Å². The standard InChI is InChI=1S/C19H28N2O5S/c1-13-6-7-15(27(5,24)25)12-16(13)17(22)20-14-8-10-21(11-9-14)18(23)26-19(2,3)4/h6-7,12,14H,8-11H2,1-5H3,(H,20,22). The Morgan fingerprint density at radius 3 is 2.30 bits per heavy atom. The topological polar surface area (TPSA) is 92.8 Å². The summed E-state index contributed by atoms with van der Waals surface area (Å²) in [6.07, 6.45) is 2.01. The zero-order chi connectivity index (χ0) is 20.4. The molecule has 0 spiro atoms. The largest absolute Gasteiger partial charge is 0.444 e. The lowest BCUT2D eigenvalue weighted by molar-refractivity contribution is 0.0199. The van der Waals surface area contributed by atoms with E-state index in [1.807, 2.05) is 20.8 Å². The number of rotatable bonds is 3. The first-order valence-corrected chi connectivity index (χ1v) is 10.9. The molecule has 2 amide bonds. The lowest BCUT2D eigenvalue weighted by atomic mass is 10.0. The summed E-state index contributed by atoms with van der Waals surface area (Å²) in [6, 6.07) is 4.48. The fourth-order valence-corrected chi connectivity index (χ4v) is 3.52. The summed E-state index contributed by atoms with van der Waals surface area (Å²) in [6.45, 7) is 8.25. The van der Waals surface area contributed by atoms with Gasteiger partial charge in [-0.1, -0.05) is 6.07 Å². The average Bonchev–Trinajstić information content (AvgIpc) is 2.53. The van der Waals surface area contributed by atoms with Gasteiger partial charge in [0.15, 0.2) is 9.84 Å². The number of hydrogen-bond acceptors (Lipinski definition) is 5. The number of benzene rings is 1. The molecule has 0 saturated carbocycles. The minimum absolute atomic E-state index is 0.0718. The Bertz CT molecular complexity index is 819. The molecule has 7 nitrogen and oxygen atoms in total. The predicted molar refractivity (Wildman–Crippen MR) is 103 cm³/mol. The van der Waals surface area contributed by atoms with Crippen molar-refractivity contribution in [3.63, 3.8) is 0 Å². The normalized spacial score (nSPS) is 16.1. The highest BCUT2D eigenvalue weighted by molar-refractivity contribution is 7.90. The summed E-state index contributed by atoms with van der Waals surface area (Å²) >= 11 is 0. The van der Waals surface area contributed by atoms with Gasteiger partial charge in [-0.15, -0.1) is 0 Å². The van der Waals surface area contributed by atoms with Crippen molar-refractivity contribution in [2.24, 2.45) is 0 Å². The van der Waals surface area contributed by atoms with Gasteiger partial charge in [-0.25, -0.2) is 13.2 Å². The molecule has 0 aliphatic carbocycles. The molecule has 1 saturated heterocycles. The number of hydrogen-bond donors (Lipinski definition) is 1. The van der Waals surface area contributed by atoms with Crippen LogP contribution in [0.15, 0.2) is 23.1 Å². The van der Waals surface area contributed by atoms with Crippen molar-refractivity contribution < 1.29 is 22.7 Å². The van der Waals surface area contributed by atoms with Gasteiger partial charge in [0.25, 0.3) is 5.91 Å². The first-order chi connectivity index (χ1) is 12.4. The molecule has 150 valence electrons. The maximum atomic E-state index is 12.6. The van der Waals surface area contributed by atoms with Gasteiger partial charge in [-0.05, 0) is 58.2 Å². The van der Waals surface area contributed by atoms with Gasteiger partial charge in [0.1, 0.15) is 5.60 Å². The van der Waals surface area contributed by atoms with Crippen molar-refractivity contribution in [1.82, 2.24) is 10.2 Å². The van der Waals surface area contributed by atoms with Crippen LogP contribution < -0.4 is 5.32 Å². The minimum atomic E-state index is -3.38. The maximum Gasteiger partial charge on any atom is 0.410 e. The molecule has 1 fully saturated rings. The van der Waals surface area contributed by atoms with Crippen LogP contribution in [-0.2, 0) is 14.6 Å². The van der Waals surface area contributed by atoms with Crippen molar-refractivity contribution in [3.05, 3.63) is 29.3 Å². The highest BCUT2D eigenvalue weighted by atomic mass is 32.2. The van der Waals surface area contributed by atoms with Gasteiger partial charge < -0.3 is 15.0 Å². The second kappa shape index (κ2) is 7.88. The molecule has 0 atom stereocenters. The number of carbonyl (C=O) groups excluding carboxylic acids is 2. The Morgan fingerprint density at radius 1 is 1.19 bits per heavy atom. The molecule has 1 heterocycles. The Labute approximate surface area is 161 Å². The summed E-state index contributed by atoms with van der Waals surface area (Å²) in [5.41, 5.74) is 0.531. The van der Waals surface area contributed by atoms with Gasteiger partial charge in [0.05, 0.1) is 4.90 Å². The van der Waals surface area contributed by atoms with E-state index in [2.05, 4.69) is 5.32 Å². The molecule has 0 aromatic heterocycles. The van der Waals surface area contributed by atoms with E-state index in [9.17, 15) is 18.0 Å². The first-order valence-electron chi connectivity index (χ1n) is 8.96. The molecule has 1 aromatic rings. The average molecular weight is 397 g/mol. The monoisotopic (exact) mass is 396 g/mol. The molecule has 0 unspecified atom stereocenters. The minimum Gasteiger partial charge on any atom is -0.444 e. The molecule has 8 heteroatoms. The third kappa shape index (κ3) is 5.95. The lowest BCUT2D eigenvalue weighted by Crippen LogP contribution is -2.47. The van der Waals surface area contributed by atoms with Crippen molar-refractivity contribution in [3.8, 4) is 0 Å². The second-order valence-electron chi connectivity index (χ2n) is 7.96. The first kappa shape index (κ1) is 21.2. The quantitative estimate of drug-likeness (QED) is 0.847. The third-order valence-corrected chi connectivity index (χ3v) is 5.47. The molecule has 1 aliphatic rings. The molecule has 1 aromatic carbocycles. The van der Waals surface area contributed by atoms with E-state index in [0.29, 0.717) is 37.1 Å². The molecule has 2 rings (SSSR count). The highest BCUT2D eigenvalue weighted by Gasteiger charge is 2.28. The predicted octanol–water partition coefficient (Wildman–Crippen LogP) is 2.53. The van der Waals surface area contributed by atoms with Crippen molar-refractivity contribution in [2.45, 2.75) is 57.1 Å². The van der Waals surface area contributed by atoms with Crippen LogP contribution in [0, 0.1) is 6.92 Å². The van der Waals surface area contributed by atoms with E-state index in [-0.39, 0.29) is 22.9 Å². The zero-order valence-electron chi connectivity index (χ0n) is 16.5. The van der Waals surface area contributed by atoms with Crippen molar-refractivity contribution >= 4 is 21.8 Å². The number of nitrogens with one attached hydrogen (secondary N) is 1. The number of piperidine rings is 1. The van der Waals surface area contributed by atoms with E-state index in [1.165, 1.54) is 12.1 Å². The number of sulfone groups is 1. The maximum absolute atomic E-state index is 12.6. The Hall–Kier alpha value is -2.09. The van der Waals surface area contributed by atoms with Gasteiger partial charge in [-0.3, -0.25) is 4.79 Å². The lowest BCUT2D eigenvalue weighted by Gasteiger charge is -2.33. The number of likely N-dealkylation sites (tertiary alicyclic amines) is 1. The Morgan fingerprint density at radius 2 is 1.78 bits per heavy atom. The van der Waals surface area contributed by atoms with Crippen LogP contribution in [0.25, 0.3) is 0 Å². The van der Waals surface area contributed by atoms with Gasteiger partial charge in [0.2, 0.25) is 0 Å². The van der Waals surface area contributed by atoms with E-state index in [1.54, 1.807) is 17.9 Å². The molecule has 0 radical (unpaired) electrons. The number of nitrogens with zero attached hydrogens (tertiary/aromatic N) is 1. The molecule has 27 heavy (non-hydrogen) atoms. The van der Waals surface area contributed by atoms with Crippen molar-refractivity contribution in [2.75, 3.05) is 19.3 Å². The van der Waals surface area contributed by atoms with E-state index >= 15 is 0 Å². The van der Waals surface area contributed by atoms with E-state index in [0.717, 1.165) is 6.26 Å². The fourth-order valence-electron chi connectivity index (χ4n) is 2.87. The van der Waals surface area contributed by atoms with Crippen molar-refractivity contribution in [1.29, 1.82) is 0 Å². The summed E-state index contributed by atoms with van der Waals surface area (Å²) in [5, 5.41) is 2.95. The molecule has 0 bridgehead atoms. The van der Waals surface area contributed by atoms with Crippen LogP contribution in [-0.4, -0.2) is 56.3 Å². The summed E-state index contributed by atoms with van der Waals surface area (Å²) in [4.78, 5) is 26.5. The SMILES string of the molecule is Cc1ccc(S(C)(=O)=O)cc1C(=O)NC1CCN(C(=O)OC(C)(C)C)CC1. The van der Waals surface area contributed by atoms with Crippen LogP contribution in [0.4, 0.5) is 4.79 Å². The van der Waals surface area contributed by atoms with Crippen LogP contribution in [0.2, 0.25) is 0 Å². The van der Waals surface area contributed by atoms with Crippen LogP contribution in [0.5, 0.6) is 0 Å². The van der Waals surface area contributed by atoms with Crippen LogP contribution in [0.3, 0.4) is 0 Å². The summed E-state index contributed by atoms with van der Waals surface area (Å²) in [7, 11) is -3.38. The second-order valence-corrected chi connectivity index (χ2v) is 9.98. The number of ether oxygens (including phenoxy) is 1. The fraction of sp³-hybridized carbons (Fsp3) is 0.579. The van der Waals surface area contributed by atoms with E-state index < -0.39 is 15.4 Å². The highest BCUT2D eigenvalue weighted by Crippen LogP contribution is 2.18. The van der Waals surface area contributed by atoms with Gasteiger partial charge in [0, 0.05) is 31.0 Å². The number of amides is 2. The summed E-state index contributed by atoms with van der Waals surface area (Å²) < 4.78 is 28.8. The molecule has 1 aliphatic heterocycles. The van der Waals surface area contributed by atoms with Crippen LogP contribution >= 0.6 is 0 Å². The molecular weight excluding hydrogens is 368 g/mol. The Balaban J connectivity index is 1.98. The van der Waals surface area contributed by atoms with Gasteiger partial charge in [-0.2, -0.15) is 0 Å². The number of aryl methyl sites for hydroxylation is 1. The number of carbonyl (C=O) groups is 2. The summed E-state index contributed by atoms with van der Waals surface area (Å²) in [5.74, 6) is -0.297. The van der Waals surface area contributed by atoms with Gasteiger partial charge >= 0.3 is 6.09 Å². The van der Waals surface area contributed by atoms with Crippen LogP contribution in [0.1, 0.15) is 49.5 Å². The molecule has 1 N–H and O–H groups in total.